The number of ether oxygens (including phenoxy) is 1. The molecule has 1 aromatic carbocycles. The molecule has 29 heavy (non-hydrogen) atoms. The number of amides is 1. The first-order valence-electron chi connectivity index (χ1n) is 8.78. The predicted octanol–water partition coefficient (Wildman–Crippen LogP) is 4.20. The maximum Gasteiger partial charge on any atom is 0.459 e. The number of rotatable bonds is 4. The molecule has 0 radical (unpaired) electrons. The molecule has 0 saturated carbocycles. The monoisotopic (exact) mass is 422 g/mol. The Bertz CT molecular complexity index is 810. The number of carbonyl (C=O) groups is 1. The molecule has 5 nitrogen and oxygen atoms in total. The third kappa shape index (κ3) is 4.36. The fraction of sp³-hybridized carbons (Fsp3) is 0.579. The predicted molar refractivity (Wildman–Crippen MR) is 95.7 cm³/mol. The minimum atomic E-state index is -5.90. The average Bonchev–Trinajstić information content (AvgIpc) is 2.90. The van der Waals surface area contributed by atoms with Gasteiger partial charge in [0.1, 0.15) is 11.5 Å². The van der Waals surface area contributed by atoms with Crippen LogP contribution in [0.25, 0.3) is 0 Å². The second-order valence-corrected chi connectivity index (χ2v) is 8.18. The number of benzene rings is 1. The van der Waals surface area contributed by atoms with Crippen LogP contribution in [-0.4, -0.2) is 46.2 Å². The fourth-order valence-electron chi connectivity index (χ4n) is 2.95. The molecule has 1 amide bonds. The van der Waals surface area contributed by atoms with Gasteiger partial charge in [-0.15, -0.1) is 0 Å². The molecule has 0 aromatic heterocycles. The van der Waals surface area contributed by atoms with Gasteiger partial charge < -0.3 is 9.84 Å². The zero-order valence-electron chi connectivity index (χ0n) is 16.7. The van der Waals surface area contributed by atoms with Crippen LogP contribution in [0.5, 0.6) is 5.75 Å². The number of aliphatic hydroxyl groups is 1. The summed E-state index contributed by atoms with van der Waals surface area (Å²) in [5, 5.41) is 14.4. The van der Waals surface area contributed by atoms with E-state index in [1.807, 2.05) is 6.07 Å². The van der Waals surface area contributed by atoms with Crippen molar-refractivity contribution in [2.75, 3.05) is 6.61 Å². The van der Waals surface area contributed by atoms with E-state index in [-0.39, 0.29) is 5.01 Å². The number of hydrazone groups is 1. The standard InChI is InChI=1S/C19H23F5N2O3/c1-11-6-12(2)8-13(7-11)29-10-15(27)26-17(28,16(3,4)5)9-14(25-26)18(20,21)19(22,23)24/h6-8,28H,9-10H2,1-5H3/t17-/m1/s1. The summed E-state index contributed by atoms with van der Waals surface area (Å²) in [5.41, 5.74) is -3.56. The molecular formula is C19H23F5N2O3. The second kappa shape index (κ2) is 7.23. The highest BCUT2D eigenvalue weighted by atomic mass is 19.4. The van der Waals surface area contributed by atoms with Crippen LogP contribution in [0.4, 0.5) is 22.0 Å². The summed E-state index contributed by atoms with van der Waals surface area (Å²) in [5.74, 6) is -6.01. The lowest BCUT2D eigenvalue weighted by Gasteiger charge is -2.41. The van der Waals surface area contributed by atoms with Crippen LogP contribution in [-0.2, 0) is 4.79 Å². The summed E-state index contributed by atoms with van der Waals surface area (Å²) in [6.07, 6.45) is -7.04. The van der Waals surface area contributed by atoms with Crippen LogP contribution in [0.15, 0.2) is 23.3 Å². The van der Waals surface area contributed by atoms with Gasteiger partial charge in [-0.2, -0.15) is 32.1 Å². The highest BCUT2D eigenvalue weighted by molar-refractivity contribution is 5.96. The Morgan fingerprint density at radius 3 is 2.10 bits per heavy atom. The number of hydrogen-bond donors (Lipinski definition) is 1. The minimum absolute atomic E-state index is 0.282. The summed E-state index contributed by atoms with van der Waals surface area (Å²) in [6, 6.07) is 5.13. The SMILES string of the molecule is Cc1cc(C)cc(OCC(=O)N2N=C(C(F)(F)C(F)(F)F)C[C@@]2(O)C(C)(C)C)c1. The van der Waals surface area contributed by atoms with Gasteiger partial charge in [0.25, 0.3) is 5.91 Å². The first-order chi connectivity index (χ1) is 13.0. The van der Waals surface area contributed by atoms with Gasteiger partial charge in [-0.3, -0.25) is 4.79 Å². The number of alkyl halides is 5. The lowest BCUT2D eigenvalue weighted by molar-refractivity contribution is -0.250. The molecular weight excluding hydrogens is 399 g/mol. The van der Waals surface area contributed by atoms with Crippen molar-refractivity contribution in [1.82, 2.24) is 5.01 Å². The van der Waals surface area contributed by atoms with E-state index in [9.17, 15) is 31.9 Å². The zero-order valence-corrected chi connectivity index (χ0v) is 16.7. The Hall–Kier alpha value is -2.23. The molecule has 1 aliphatic rings. The Kier molecular flexibility index (Phi) is 5.75. The van der Waals surface area contributed by atoms with Crippen LogP contribution >= 0.6 is 0 Å². The van der Waals surface area contributed by atoms with Gasteiger partial charge >= 0.3 is 12.1 Å². The smallest absolute Gasteiger partial charge is 0.459 e. The molecule has 10 heteroatoms. The van der Waals surface area contributed by atoms with Crippen molar-refractivity contribution in [3.05, 3.63) is 29.3 Å². The van der Waals surface area contributed by atoms with Crippen LogP contribution in [0.3, 0.4) is 0 Å². The largest absolute Gasteiger partial charge is 0.484 e. The van der Waals surface area contributed by atoms with Crippen LogP contribution in [0.1, 0.15) is 38.3 Å². The molecule has 1 aliphatic heterocycles. The van der Waals surface area contributed by atoms with Gasteiger partial charge in [-0.05, 0) is 37.1 Å². The number of halogens is 5. The van der Waals surface area contributed by atoms with Gasteiger partial charge in [-0.1, -0.05) is 26.8 Å². The average molecular weight is 422 g/mol. The van der Waals surface area contributed by atoms with Gasteiger partial charge in [-0.25, -0.2) is 0 Å². The lowest BCUT2D eigenvalue weighted by Crippen LogP contribution is -2.56. The van der Waals surface area contributed by atoms with Crippen molar-refractivity contribution in [2.45, 2.75) is 58.9 Å². The highest BCUT2D eigenvalue weighted by Crippen LogP contribution is 2.47. The lowest BCUT2D eigenvalue weighted by atomic mass is 9.79. The van der Waals surface area contributed by atoms with Gasteiger partial charge in [0, 0.05) is 11.8 Å². The van der Waals surface area contributed by atoms with E-state index >= 15 is 0 Å². The quantitative estimate of drug-likeness (QED) is 0.740. The minimum Gasteiger partial charge on any atom is -0.484 e. The Morgan fingerprint density at radius 2 is 1.66 bits per heavy atom. The molecule has 1 heterocycles. The molecule has 0 aliphatic carbocycles. The highest BCUT2D eigenvalue weighted by Gasteiger charge is 2.66. The topological polar surface area (TPSA) is 62.1 Å². The molecule has 1 N–H and O–H groups in total. The maximum atomic E-state index is 13.8. The maximum absolute atomic E-state index is 13.8. The van der Waals surface area contributed by atoms with E-state index in [0.29, 0.717) is 5.75 Å². The molecule has 0 unspecified atom stereocenters. The summed E-state index contributed by atoms with van der Waals surface area (Å²) >= 11 is 0. The van der Waals surface area contributed by atoms with Crippen LogP contribution in [0.2, 0.25) is 0 Å². The molecule has 2 rings (SSSR count). The van der Waals surface area contributed by atoms with Crippen molar-refractivity contribution in [3.63, 3.8) is 0 Å². The van der Waals surface area contributed by atoms with Crippen molar-refractivity contribution in [2.24, 2.45) is 10.5 Å². The van der Waals surface area contributed by atoms with Crippen molar-refractivity contribution in [1.29, 1.82) is 0 Å². The Balaban J connectivity index is 2.33. The van der Waals surface area contributed by atoms with Gasteiger partial charge in [0.05, 0.1) is 0 Å². The molecule has 0 saturated heterocycles. The molecule has 0 bridgehead atoms. The van der Waals surface area contributed by atoms with Crippen LogP contribution in [0, 0.1) is 19.3 Å². The number of carbonyl (C=O) groups excluding carboxylic acids is 1. The first-order valence-corrected chi connectivity index (χ1v) is 8.78. The van der Waals surface area contributed by atoms with E-state index in [1.54, 1.807) is 26.0 Å². The van der Waals surface area contributed by atoms with Crippen molar-refractivity contribution >= 4 is 11.6 Å². The Labute approximate surface area is 165 Å². The van der Waals surface area contributed by atoms with E-state index in [4.69, 9.17) is 4.74 Å². The molecule has 162 valence electrons. The van der Waals surface area contributed by atoms with Crippen LogP contribution < -0.4 is 4.74 Å². The second-order valence-electron chi connectivity index (χ2n) is 8.18. The normalized spacial score (nSPS) is 20.7. The summed E-state index contributed by atoms with van der Waals surface area (Å²) in [6.45, 7) is 7.12. The first kappa shape index (κ1) is 23.1. The molecule has 0 spiro atoms. The van der Waals surface area contributed by atoms with E-state index < -0.39 is 47.9 Å². The third-order valence-electron chi connectivity index (χ3n) is 4.70. The summed E-state index contributed by atoms with van der Waals surface area (Å²) in [4.78, 5) is 12.6. The molecule has 1 atom stereocenters. The van der Waals surface area contributed by atoms with Crippen molar-refractivity contribution < 1.29 is 36.6 Å². The number of hydrogen-bond acceptors (Lipinski definition) is 4. The van der Waals surface area contributed by atoms with Crippen molar-refractivity contribution in [3.8, 4) is 5.75 Å². The van der Waals surface area contributed by atoms with Gasteiger partial charge in [0.2, 0.25) is 0 Å². The third-order valence-corrected chi connectivity index (χ3v) is 4.70. The fourth-order valence-corrected chi connectivity index (χ4v) is 2.95. The van der Waals surface area contributed by atoms with E-state index in [1.165, 1.54) is 20.8 Å². The summed E-state index contributed by atoms with van der Waals surface area (Å²) < 4.78 is 71.3. The molecule has 0 fully saturated rings. The summed E-state index contributed by atoms with van der Waals surface area (Å²) in [7, 11) is 0. The van der Waals surface area contributed by atoms with E-state index in [2.05, 4.69) is 5.10 Å². The van der Waals surface area contributed by atoms with Gasteiger partial charge in [0.15, 0.2) is 12.3 Å². The van der Waals surface area contributed by atoms with E-state index in [0.717, 1.165) is 11.1 Å². The zero-order chi connectivity index (χ0) is 22.4. The Morgan fingerprint density at radius 1 is 1.14 bits per heavy atom. The number of nitrogens with zero attached hydrogens (tertiary/aromatic N) is 2. The molecule has 1 aromatic rings. The number of aryl methyl sites for hydroxylation is 2.